The van der Waals surface area contributed by atoms with Gasteiger partial charge in [0.2, 0.25) is 5.82 Å². The van der Waals surface area contributed by atoms with E-state index in [9.17, 15) is 10.1 Å². The van der Waals surface area contributed by atoms with Crippen molar-refractivity contribution in [1.29, 1.82) is 0 Å². The number of nitrogen functional groups attached to an aromatic ring is 1. The second-order valence-corrected chi connectivity index (χ2v) is 9.91. The Morgan fingerprint density at radius 1 is 1.05 bits per heavy atom. The number of nitrogens with one attached hydrogen (secondary N) is 1. The number of benzene rings is 3. The molecule has 5 rings (SSSR count). The molecule has 1 fully saturated rings. The lowest BCUT2D eigenvalue weighted by molar-refractivity contribution is -0.383. The molecule has 1 atom stereocenters. The van der Waals surface area contributed by atoms with E-state index in [0.717, 1.165) is 42.1 Å². The van der Waals surface area contributed by atoms with Crippen LogP contribution in [-0.2, 0) is 13.0 Å². The van der Waals surface area contributed by atoms with Gasteiger partial charge in [-0.1, -0.05) is 48.5 Å². The molecule has 0 spiro atoms. The molecule has 4 aromatic rings. The molecule has 2 heterocycles. The van der Waals surface area contributed by atoms with Crippen molar-refractivity contribution in [3.05, 3.63) is 99.1 Å². The third-order valence-electron chi connectivity index (χ3n) is 7.28. The Balaban J connectivity index is 1.42. The highest BCUT2D eigenvalue weighted by Gasteiger charge is 2.26. The van der Waals surface area contributed by atoms with Crippen LogP contribution in [0, 0.1) is 10.1 Å². The van der Waals surface area contributed by atoms with Gasteiger partial charge >= 0.3 is 5.69 Å². The Hall–Kier alpha value is -4.17. The molecule has 0 radical (unpaired) electrons. The second-order valence-electron chi connectivity index (χ2n) is 9.91. The number of anilines is 2. The summed E-state index contributed by atoms with van der Waals surface area (Å²) < 4.78 is 5.25. The summed E-state index contributed by atoms with van der Waals surface area (Å²) in [6, 6.07) is 21.7. The van der Waals surface area contributed by atoms with E-state index in [1.807, 2.05) is 49.4 Å². The number of hydrogen-bond acceptors (Lipinski definition) is 7. The van der Waals surface area contributed by atoms with Crippen molar-refractivity contribution in [3.8, 4) is 5.75 Å². The Labute approximate surface area is 222 Å². The molecule has 8 nitrogen and oxygen atoms in total. The first-order valence-electron chi connectivity index (χ1n) is 13.0. The molecular formula is C30H33N5O3. The van der Waals surface area contributed by atoms with E-state index < -0.39 is 4.92 Å². The summed E-state index contributed by atoms with van der Waals surface area (Å²) in [6.07, 6.45) is 3.10. The fraction of sp³-hybridized carbons (Fsp3) is 0.300. The number of likely N-dealkylation sites (tertiary alicyclic amines) is 1. The van der Waals surface area contributed by atoms with Gasteiger partial charge in [0.25, 0.3) is 0 Å². The number of nitrogens with two attached hydrogens (primary N) is 1. The fourth-order valence-electron chi connectivity index (χ4n) is 5.21. The van der Waals surface area contributed by atoms with Crippen molar-refractivity contribution >= 4 is 28.1 Å². The van der Waals surface area contributed by atoms with Crippen LogP contribution in [0.15, 0.2) is 66.7 Å². The normalized spacial score (nSPS) is 14.5. The predicted molar refractivity (Wildman–Crippen MR) is 152 cm³/mol. The second kappa shape index (κ2) is 11.1. The number of aromatic nitrogens is 1. The Morgan fingerprint density at radius 2 is 1.74 bits per heavy atom. The lowest BCUT2D eigenvalue weighted by atomic mass is 9.98. The number of hydrogen-bond donors (Lipinski definition) is 2. The van der Waals surface area contributed by atoms with E-state index in [1.165, 1.54) is 18.4 Å². The van der Waals surface area contributed by atoms with Crippen LogP contribution in [0.1, 0.15) is 48.1 Å². The van der Waals surface area contributed by atoms with Crippen molar-refractivity contribution in [2.75, 3.05) is 31.2 Å². The number of fused-ring (bicyclic) bond motifs is 1. The lowest BCUT2D eigenvalue weighted by Crippen LogP contribution is -2.18. The van der Waals surface area contributed by atoms with Gasteiger partial charge in [0.1, 0.15) is 11.4 Å². The first kappa shape index (κ1) is 25.5. The molecule has 1 saturated heterocycles. The number of ether oxygens (including phenoxy) is 1. The Kier molecular flexibility index (Phi) is 7.42. The van der Waals surface area contributed by atoms with Crippen molar-refractivity contribution in [3.63, 3.8) is 0 Å². The maximum atomic E-state index is 12.2. The van der Waals surface area contributed by atoms with Crippen molar-refractivity contribution in [2.24, 2.45) is 0 Å². The smallest absolute Gasteiger partial charge is 0.334 e. The Bertz CT molecular complexity index is 1430. The fourth-order valence-corrected chi connectivity index (χ4v) is 5.21. The number of pyridine rings is 1. The molecule has 8 heteroatoms. The maximum absolute atomic E-state index is 12.2. The highest BCUT2D eigenvalue weighted by Crippen LogP contribution is 2.39. The quantitative estimate of drug-likeness (QED) is 0.207. The largest absolute Gasteiger partial charge is 0.497 e. The predicted octanol–water partition coefficient (Wildman–Crippen LogP) is 6.09. The molecule has 0 aliphatic carbocycles. The average Bonchev–Trinajstić information content (AvgIpc) is 3.42. The summed E-state index contributed by atoms with van der Waals surface area (Å²) >= 11 is 0. The molecule has 0 amide bonds. The summed E-state index contributed by atoms with van der Waals surface area (Å²) in [5, 5.41) is 16.0. The molecule has 1 aliphatic heterocycles. The van der Waals surface area contributed by atoms with Crippen LogP contribution >= 0.6 is 0 Å². The monoisotopic (exact) mass is 511 g/mol. The van der Waals surface area contributed by atoms with Crippen molar-refractivity contribution in [2.45, 2.75) is 38.8 Å². The number of nitro groups is 1. The number of methoxy groups -OCH3 is 1. The number of rotatable bonds is 9. The molecule has 0 saturated carbocycles. The average molecular weight is 512 g/mol. The SMILES string of the molecule is COc1ccc(Cc2cccc3nc(NC(C)c4ccc(CN5CCCC5)cc4)c([N+](=O)[O-])c(N)c23)cc1. The standard InChI is InChI=1S/C30H33N5O3/c1-20(23-12-8-22(9-13-23)19-34-16-3-4-17-34)32-30-29(35(36)37)28(31)27-24(6-5-7-26(27)33-30)18-21-10-14-25(38-2)15-11-21/h5-15,20H,3-4,16-19H2,1-2H3,(H3,31,32,33). The first-order valence-corrected chi connectivity index (χ1v) is 13.0. The minimum absolute atomic E-state index is 0.125. The zero-order chi connectivity index (χ0) is 26.6. The van der Waals surface area contributed by atoms with Crippen LogP contribution in [0.4, 0.5) is 17.2 Å². The molecule has 1 unspecified atom stereocenters. The van der Waals surface area contributed by atoms with Gasteiger partial charge in [-0.05, 0) is 79.7 Å². The minimum Gasteiger partial charge on any atom is -0.497 e. The zero-order valence-electron chi connectivity index (χ0n) is 21.8. The third-order valence-corrected chi connectivity index (χ3v) is 7.28. The lowest BCUT2D eigenvalue weighted by Gasteiger charge is -2.19. The third kappa shape index (κ3) is 5.40. The maximum Gasteiger partial charge on any atom is 0.334 e. The van der Waals surface area contributed by atoms with E-state index in [4.69, 9.17) is 10.5 Å². The number of nitrogens with zero attached hydrogens (tertiary/aromatic N) is 3. The highest BCUT2D eigenvalue weighted by molar-refractivity contribution is 6.00. The molecule has 0 bridgehead atoms. The summed E-state index contributed by atoms with van der Waals surface area (Å²) in [6.45, 7) is 5.23. The first-order chi connectivity index (χ1) is 18.4. The van der Waals surface area contributed by atoms with E-state index in [2.05, 4.69) is 39.5 Å². The molecular weight excluding hydrogens is 478 g/mol. The van der Waals surface area contributed by atoms with E-state index >= 15 is 0 Å². The van der Waals surface area contributed by atoms with E-state index in [-0.39, 0.29) is 23.2 Å². The van der Waals surface area contributed by atoms with Crippen LogP contribution < -0.4 is 15.8 Å². The summed E-state index contributed by atoms with van der Waals surface area (Å²) in [4.78, 5) is 18.9. The Morgan fingerprint density at radius 3 is 2.39 bits per heavy atom. The van der Waals surface area contributed by atoms with Gasteiger partial charge in [-0.15, -0.1) is 0 Å². The van der Waals surface area contributed by atoms with Gasteiger partial charge in [-0.3, -0.25) is 15.0 Å². The van der Waals surface area contributed by atoms with Gasteiger partial charge in [-0.25, -0.2) is 4.98 Å². The summed E-state index contributed by atoms with van der Waals surface area (Å²) in [5.74, 6) is 0.949. The van der Waals surface area contributed by atoms with E-state index in [0.29, 0.717) is 17.3 Å². The molecule has 1 aliphatic rings. The van der Waals surface area contributed by atoms with Crippen LogP contribution in [0.25, 0.3) is 10.9 Å². The molecule has 3 N–H and O–H groups in total. The van der Waals surface area contributed by atoms with E-state index in [1.54, 1.807) is 7.11 Å². The molecule has 1 aromatic heterocycles. The van der Waals surface area contributed by atoms with Gasteiger partial charge < -0.3 is 15.8 Å². The highest BCUT2D eigenvalue weighted by atomic mass is 16.6. The van der Waals surface area contributed by atoms with Gasteiger partial charge in [0.05, 0.1) is 23.6 Å². The zero-order valence-corrected chi connectivity index (χ0v) is 21.8. The van der Waals surface area contributed by atoms with Gasteiger partial charge in [0.15, 0.2) is 0 Å². The van der Waals surface area contributed by atoms with Gasteiger partial charge in [0, 0.05) is 11.9 Å². The topological polar surface area (TPSA) is 107 Å². The molecule has 38 heavy (non-hydrogen) atoms. The van der Waals surface area contributed by atoms with Crippen LogP contribution in [0.5, 0.6) is 5.75 Å². The minimum atomic E-state index is -0.444. The van der Waals surface area contributed by atoms with Crippen molar-refractivity contribution in [1.82, 2.24) is 9.88 Å². The van der Waals surface area contributed by atoms with Gasteiger partial charge in [-0.2, -0.15) is 0 Å². The summed E-state index contributed by atoms with van der Waals surface area (Å²) in [5.41, 5.74) is 11.3. The van der Waals surface area contributed by atoms with Crippen LogP contribution in [-0.4, -0.2) is 35.0 Å². The summed E-state index contributed by atoms with van der Waals surface area (Å²) in [7, 11) is 1.63. The molecule has 196 valence electrons. The van der Waals surface area contributed by atoms with Crippen LogP contribution in [0.3, 0.4) is 0 Å². The van der Waals surface area contributed by atoms with Crippen molar-refractivity contribution < 1.29 is 9.66 Å². The molecule has 3 aromatic carbocycles. The van der Waals surface area contributed by atoms with Crippen LogP contribution in [0.2, 0.25) is 0 Å².